The van der Waals surface area contributed by atoms with Gasteiger partial charge in [-0.3, -0.25) is 32.7 Å². The Hall–Kier alpha value is -1.78. The molecule has 11 nitrogen and oxygen atoms in total. The van der Waals surface area contributed by atoms with Crippen molar-refractivity contribution in [3.05, 3.63) is 33.1 Å². The summed E-state index contributed by atoms with van der Waals surface area (Å²) in [6, 6.07) is 1.20. The summed E-state index contributed by atoms with van der Waals surface area (Å²) in [6.07, 6.45) is 11.7. The van der Waals surface area contributed by atoms with E-state index in [1.807, 2.05) is 0 Å². The Morgan fingerprint density at radius 2 is 1.51 bits per heavy atom. The quantitative estimate of drug-likeness (QED) is 0.112. The van der Waals surface area contributed by atoms with Gasteiger partial charge in [-0.1, -0.05) is 78.1 Å². The number of hydrogen-bond acceptors (Lipinski definition) is 9. The average molecular weight is 575 g/mol. The largest absolute Gasteiger partial charge is 0.474 e. The zero-order valence-electron chi connectivity index (χ0n) is 23.8. The van der Waals surface area contributed by atoms with Gasteiger partial charge in [0.15, 0.2) is 0 Å². The average Bonchev–Trinajstić information content (AvgIpc) is 3.28. The molecule has 1 aromatic heterocycles. The van der Waals surface area contributed by atoms with Gasteiger partial charge in [-0.15, -0.1) is 0 Å². The van der Waals surface area contributed by atoms with Gasteiger partial charge in [-0.25, -0.2) is 9.36 Å². The van der Waals surface area contributed by atoms with Crippen LogP contribution in [0.4, 0.5) is 0 Å². The minimum atomic E-state index is -3.90. The van der Waals surface area contributed by atoms with Crippen LogP contribution >= 0.6 is 7.82 Å². The molecule has 0 saturated carbocycles. The fourth-order valence-electron chi connectivity index (χ4n) is 4.41. The van der Waals surface area contributed by atoms with Crippen molar-refractivity contribution in [2.24, 2.45) is 0 Å². The van der Waals surface area contributed by atoms with Crippen molar-refractivity contribution in [1.82, 2.24) is 9.55 Å². The van der Waals surface area contributed by atoms with Crippen LogP contribution in [0.3, 0.4) is 0 Å². The molecule has 1 saturated heterocycles. The molecule has 2 heterocycles. The van der Waals surface area contributed by atoms with E-state index in [4.69, 9.17) is 23.0 Å². The third-order valence-corrected chi connectivity index (χ3v) is 8.01. The Morgan fingerprint density at radius 3 is 2.05 bits per heavy atom. The monoisotopic (exact) mass is 574 g/mol. The molecule has 3 atom stereocenters. The lowest BCUT2D eigenvalue weighted by Crippen LogP contribution is -2.32. The van der Waals surface area contributed by atoms with Crippen molar-refractivity contribution < 1.29 is 32.4 Å². The van der Waals surface area contributed by atoms with Crippen molar-refractivity contribution in [3.63, 3.8) is 0 Å². The summed E-state index contributed by atoms with van der Waals surface area (Å²) in [5.41, 5.74) is -1.18. The van der Waals surface area contributed by atoms with E-state index in [9.17, 15) is 18.9 Å². The van der Waals surface area contributed by atoms with Crippen LogP contribution < -0.4 is 11.2 Å². The highest BCUT2D eigenvalue weighted by molar-refractivity contribution is 7.48. The van der Waals surface area contributed by atoms with Crippen LogP contribution in [0.25, 0.3) is 0 Å². The highest BCUT2D eigenvalue weighted by atomic mass is 31.2. The van der Waals surface area contributed by atoms with Crippen molar-refractivity contribution in [3.8, 4) is 0 Å². The van der Waals surface area contributed by atoms with Crippen molar-refractivity contribution >= 4 is 13.8 Å². The molecule has 0 unspecified atom stereocenters. The van der Waals surface area contributed by atoms with Gasteiger partial charge in [-0.2, -0.15) is 0 Å². The van der Waals surface area contributed by atoms with Crippen LogP contribution in [0.15, 0.2) is 21.9 Å². The molecule has 224 valence electrons. The zero-order chi connectivity index (χ0) is 28.5. The van der Waals surface area contributed by atoms with Gasteiger partial charge in [-0.05, 0) is 12.8 Å². The fraction of sp³-hybridized carbons (Fsp3) is 0.815. The first kappa shape index (κ1) is 33.4. The summed E-state index contributed by atoms with van der Waals surface area (Å²) >= 11 is 0. The number of nitrogens with zero attached hydrogens (tertiary/aromatic N) is 1. The third kappa shape index (κ3) is 13.0. The van der Waals surface area contributed by atoms with Gasteiger partial charge in [0.05, 0.1) is 19.8 Å². The lowest BCUT2D eigenvalue weighted by atomic mass is 10.1. The molecule has 1 aliphatic rings. The molecule has 0 spiro atoms. The van der Waals surface area contributed by atoms with Crippen molar-refractivity contribution in [2.75, 3.05) is 19.8 Å². The molecule has 39 heavy (non-hydrogen) atoms. The first-order valence-electron chi connectivity index (χ1n) is 14.5. The summed E-state index contributed by atoms with van der Waals surface area (Å²) in [7, 11) is -3.90. The molecule has 0 bridgehead atoms. The van der Waals surface area contributed by atoms with E-state index in [1.54, 1.807) is 0 Å². The number of aromatic nitrogens is 2. The molecule has 1 N–H and O–H groups in total. The minimum absolute atomic E-state index is 0.154. The smallest absolute Gasteiger partial charge is 0.460 e. The predicted molar refractivity (Wildman–Crippen MR) is 148 cm³/mol. The molecular weight excluding hydrogens is 527 g/mol. The van der Waals surface area contributed by atoms with E-state index in [-0.39, 0.29) is 26.2 Å². The van der Waals surface area contributed by atoms with Crippen molar-refractivity contribution in [1.29, 1.82) is 0 Å². The maximum atomic E-state index is 13.5. The third-order valence-electron chi connectivity index (χ3n) is 6.55. The number of rotatable bonds is 21. The standard InChI is InChI=1S/C27H47N2O9P/c1-4-6-8-10-12-14-18-34-39(33,35-19-15-13-11-9-7-5-2)36-21-24-23(37-22(3)30)20-26(38-24)29-17-16-25(31)28-27(29)32/h16-17,23-24,26H,4-15,18-21H2,1-3H3,(H,28,31,32)/t23-,24+,26+/m0/s1. The van der Waals surface area contributed by atoms with Crippen LogP contribution in [0, 0.1) is 0 Å². The van der Waals surface area contributed by atoms with E-state index < -0.39 is 43.5 Å². The Morgan fingerprint density at radius 1 is 0.949 bits per heavy atom. The molecule has 0 radical (unpaired) electrons. The highest BCUT2D eigenvalue weighted by Gasteiger charge is 2.41. The lowest BCUT2D eigenvalue weighted by molar-refractivity contribution is -0.150. The Bertz CT molecular complexity index is 974. The van der Waals surface area contributed by atoms with Crippen molar-refractivity contribution in [2.45, 2.75) is 123 Å². The Labute approximate surface area is 231 Å². The number of nitrogens with one attached hydrogen (secondary N) is 1. The number of aromatic amines is 1. The van der Waals surface area contributed by atoms with E-state index in [0.29, 0.717) is 0 Å². The second kappa shape index (κ2) is 18.5. The second-order valence-corrected chi connectivity index (χ2v) is 11.6. The summed E-state index contributed by atoms with van der Waals surface area (Å²) in [5.74, 6) is -0.523. The van der Waals surface area contributed by atoms with E-state index in [2.05, 4.69) is 18.8 Å². The van der Waals surface area contributed by atoms with E-state index in [1.165, 1.54) is 49.4 Å². The molecule has 0 aliphatic carbocycles. The van der Waals surface area contributed by atoms with Crippen LogP contribution in [0.1, 0.15) is 110 Å². The number of carbonyl (C=O) groups excluding carboxylic acids is 1. The van der Waals surface area contributed by atoms with Gasteiger partial charge in [0.25, 0.3) is 5.56 Å². The molecule has 1 aliphatic heterocycles. The number of hydrogen-bond donors (Lipinski definition) is 1. The van der Waals surface area contributed by atoms with Gasteiger partial charge in [0.2, 0.25) is 0 Å². The first-order chi connectivity index (χ1) is 18.8. The van der Waals surface area contributed by atoms with Gasteiger partial charge in [0, 0.05) is 25.6 Å². The molecule has 1 fully saturated rings. The number of H-pyrrole nitrogens is 1. The van der Waals surface area contributed by atoms with Gasteiger partial charge >= 0.3 is 19.5 Å². The normalized spacial score (nSPS) is 19.4. The molecule has 1 aromatic rings. The topological polar surface area (TPSA) is 135 Å². The molecule has 0 aromatic carbocycles. The van der Waals surface area contributed by atoms with Crippen LogP contribution in [0.5, 0.6) is 0 Å². The number of unbranched alkanes of at least 4 members (excludes halogenated alkanes) is 10. The fourth-order valence-corrected chi connectivity index (χ4v) is 5.67. The zero-order valence-corrected chi connectivity index (χ0v) is 24.7. The van der Waals surface area contributed by atoms with Crippen LogP contribution in [-0.4, -0.2) is 47.5 Å². The lowest BCUT2D eigenvalue weighted by Gasteiger charge is -2.22. The number of phosphoric acid groups is 1. The highest BCUT2D eigenvalue weighted by Crippen LogP contribution is 2.50. The van der Waals surface area contributed by atoms with Crippen LogP contribution in [-0.2, 0) is 32.4 Å². The number of esters is 1. The summed E-state index contributed by atoms with van der Waals surface area (Å²) < 4.78 is 43.0. The first-order valence-corrected chi connectivity index (χ1v) is 15.9. The van der Waals surface area contributed by atoms with Gasteiger partial charge < -0.3 is 9.47 Å². The number of phosphoric ester groups is 1. The summed E-state index contributed by atoms with van der Waals surface area (Å²) in [6.45, 7) is 5.87. The summed E-state index contributed by atoms with van der Waals surface area (Å²) in [4.78, 5) is 37.6. The molecule has 2 rings (SSSR count). The van der Waals surface area contributed by atoms with Crippen LogP contribution in [0.2, 0.25) is 0 Å². The Kier molecular flexibility index (Phi) is 15.9. The predicted octanol–water partition coefficient (Wildman–Crippen LogP) is 5.63. The Balaban J connectivity index is 1.98. The summed E-state index contributed by atoms with van der Waals surface area (Å²) in [5, 5.41) is 0. The SMILES string of the molecule is CCCCCCCCOP(=O)(OCCCCCCCC)OC[C@H]1O[C@@H](n2ccc(=O)[nH]c2=O)C[C@@H]1OC(C)=O. The van der Waals surface area contributed by atoms with Gasteiger partial charge in [0.1, 0.15) is 18.4 Å². The minimum Gasteiger partial charge on any atom is -0.460 e. The van der Waals surface area contributed by atoms with E-state index in [0.717, 1.165) is 51.4 Å². The molecule has 12 heteroatoms. The second-order valence-electron chi connectivity index (χ2n) is 9.98. The number of carbonyl (C=O) groups is 1. The molecule has 0 amide bonds. The molecular formula is C27H47N2O9P. The maximum Gasteiger partial charge on any atom is 0.474 e. The van der Waals surface area contributed by atoms with E-state index >= 15 is 0 Å². The maximum absolute atomic E-state index is 13.5. The number of ether oxygens (including phenoxy) is 2.